The minimum atomic E-state index is -6.71. The average Bonchev–Trinajstić information content (AvgIpc) is 3.88. The van der Waals surface area contributed by atoms with E-state index in [4.69, 9.17) is 17.0 Å². The molecule has 4 aromatic carbocycles. The Bertz CT molecular complexity index is 2240. The zero-order valence-electron chi connectivity index (χ0n) is 32.6. The van der Waals surface area contributed by atoms with Crippen molar-refractivity contribution >= 4 is 35.1 Å². The summed E-state index contributed by atoms with van der Waals surface area (Å²) in [5, 5.41) is 0. The van der Waals surface area contributed by atoms with Crippen LogP contribution in [0.4, 0.5) is 39.5 Å². The van der Waals surface area contributed by atoms with Crippen molar-refractivity contribution in [2.24, 2.45) is 5.92 Å². The molecule has 0 saturated heterocycles. The quantitative estimate of drug-likeness (QED) is 0.122. The zero-order valence-corrected chi connectivity index (χ0v) is 37.7. The van der Waals surface area contributed by atoms with E-state index in [2.05, 4.69) is 75.5 Å². The molecule has 13 heteroatoms. The summed E-state index contributed by atoms with van der Waals surface area (Å²) in [6.07, 6.45) is -11.6. The third-order valence-electron chi connectivity index (χ3n) is 13.2. The van der Waals surface area contributed by atoms with Gasteiger partial charge < -0.3 is 0 Å². The van der Waals surface area contributed by atoms with Gasteiger partial charge in [0.05, 0.1) is 0 Å². The summed E-state index contributed by atoms with van der Waals surface area (Å²) < 4.78 is 125. The Morgan fingerprint density at radius 2 is 1.07 bits per heavy atom. The Kier molecular flexibility index (Phi) is 11.1. The van der Waals surface area contributed by atoms with Crippen molar-refractivity contribution in [3.63, 3.8) is 0 Å². The molecule has 7 rings (SSSR count). The Balaban J connectivity index is 1.37. The second kappa shape index (κ2) is 14.8. The molecule has 0 aliphatic heterocycles. The molecule has 0 radical (unpaired) electrons. The van der Waals surface area contributed by atoms with Crippen molar-refractivity contribution in [1.82, 2.24) is 0 Å². The van der Waals surface area contributed by atoms with Gasteiger partial charge in [-0.25, -0.2) is 0 Å². The fourth-order valence-electron chi connectivity index (χ4n) is 10.2. The maximum absolute atomic E-state index is 14.0. The molecule has 0 nitrogen and oxygen atoms in total. The molecule has 0 N–H and O–H groups in total. The summed E-state index contributed by atoms with van der Waals surface area (Å²) in [6.45, 7) is 10.7. The van der Waals surface area contributed by atoms with Gasteiger partial charge in [-0.1, -0.05) is 0 Å². The topological polar surface area (TPSA) is 0 Å². The molecule has 3 aliphatic rings. The molecular weight excluding hydrogens is 902 g/mol. The number of halogens is 11. The van der Waals surface area contributed by atoms with E-state index < -0.39 is 51.0 Å². The van der Waals surface area contributed by atoms with E-state index in [1.807, 2.05) is 19.1 Å². The molecule has 1 fully saturated rings. The first kappa shape index (κ1) is 43.5. The molecule has 58 heavy (non-hydrogen) atoms. The summed E-state index contributed by atoms with van der Waals surface area (Å²) in [5.74, 6) is -1.30. The van der Waals surface area contributed by atoms with E-state index in [1.165, 1.54) is 11.1 Å². The average molecular weight is 946 g/mol. The second-order valence-electron chi connectivity index (χ2n) is 17.0. The Labute approximate surface area is 342 Å². The van der Waals surface area contributed by atoms with Crippen molar-refractivity contribution < 1.29 is 55.1 Å². The van der Waals surface area contributed by atoms with Crippen LogP contribution in [0.5, 0.6) is 0 Å². The van der Waals surface area contributed by atoms with Gasteiger partial charge in [0.2, 0.25) is 0 Å². The Morgan fingerprint density at radius 1 is 0.621 bits per heavy atom. The van der Waals surface area contributed by atoms with Gasteiger partial charge in [-0.3, -0.25) is 0 Å². The number of hydrogen-bond donors (Lipinski definition) is 0. The fourth-order valence-corrected chi connectivity index (χ4v) is 42.2. The number of benzene rings is 4. The number of alkyl halides is 9. The van der Waals surface area contributed by atoms with Gasteiger partial charge in [0.25, 0.3) is 0 Å². The van der Waals surface area contributed by atoms with Crippen LogP contribution in [0.25, 0.3) is 34.4 Å². The number of fused-ring (bicyclic) bond motifs is 2. The standard InChI is InChI=1S/C23H25.C20H12F9.C2H7Si.2ClH.Zr/c1-16(2)17-10-12-19(13-11-17)22-9-5-8-20-14-21(15-23(20)22)18-6-3-4-7-18;1-11-9-13-3-2-4-15(16(13)10-11)12-5-7-14(8-6-12)17(18(21,22)23,19(24,25)26)20(27,28)29;1-3-2;;;/h5,8-16,18H,3-4,6-7H2,1-2H3;2-10H,1H3;3H,1-2H3;2*1H;/q;;;;;+2/p-2. The van der Waals surface area contributed by atoms with Crippen LogP contribution < -0.4 is 0 Å². The summed E-state index contributed by atoms with van der Waals surface area (Å²) in [4.78, 5) is 0. The molecule has 0 bridgehead atoms. The summed E-state index contributed by atoms with van der Waals surface area (Å²) in [6, 6.07) is 22.7. The van der Waals surface area contributed by atoms with Gasteiger partial charge in [0, 0.05) is 0 Å². The van der Waals surface area contributed by atoms with Crippen molar-refractivity contribution in [3.8, 4) is 22.3 Å². The summed E-state index contributed by atoms with van der Waals surface area (Å²) in [5.41, 5.74) is 1.98. The first-order chi connectivity index (χ1) is 26.9. The van der Waals surface area contributed by atoms with Crippen molar-refractivity contribution in [1.29, 1.82) is 0 Å². The van der Waals surface area contributed by atoms with Crippen molar-refractivity contribution in [2.45, 2.75) is 96.7 Å². The fraction of sp³-hybridized carbons (Fsp3) is 0.378. The molecule has 0 aromatic heterocycles. The molecule has 309 valence electrons. The van der Waals surface area contributed by atoms with Crippen LogP contribution in [0, 0.1) is 5.92 Å². The zero-order chi connectivity index (χ0) is 42.4. The van der Waals surface area contributed by atoms with Crippen LogP contribution in [0.15, 0.2) is 96.1 Å². The molecule has 3 aliphatic carbocycles. The van der Waals surface area contributed by atoms with Gasteiger partial charge in [0.1, 0.15) is 0 Å². The van der Waals surface area contributed by atoms with Crippen molar-refractivity contribution in [3.05, 3.63) is 129 Å². The van der Waals surface area contributed by atoms with Crippen LogP contribution >= 0.6 is 17.0 Å². The predicted octanol–water partition coefficient (Wildman–Crippen LogP) is 15.8. The third kappa shape index (κ3) is 6.57. The monoisotopic (exact) mass is 943 g/mol. The van der Waals surface area contributed by atoms with Crippen LogP contribution in [0.1, 0.15) is 93.0 Å². The molecular formula is C45H44Cl2F9SiZr. The van der Waals surface area contributed by atoms with E-state index in [0.29, 0.717) is 23.0 Å². The molecule has 0 heterocycles. The van der Waals surface area contributed by atoms with Crippen LogP contribution in [0.2, 0.25) is 13.1 Å². The van der Waals surface area contributed by atoms with Gasteiger partial charge in [-0.2, -0.15) is 0 Å². The Morgan fingerprint density at radius 3 is 1.52 bits per heavy atom. The Hall–Kier alpha value is -2.59. The van der Waals surface area contributed by atoms with Gasteiger partial charge >= 0.3 is 344 Å². The van der Waals surface area contributed by atoms with E-state index in [9.17, 15) is 39.5 Å². The SMILES string of the molecule is CC1=Cc2c(-c3ccc(C(C(F)(F)F)(C(F)(F)F)C(F)(F)F)cc3)cccc2[CH]1[Zr]([Cl])([Cl])([CH]1C(C2CCCC2)=Cc2c(-c3ccc(C(C)C)cc3)cccc21)[SiH](C)C. The number of allylic oxidation sites excluding steroid dienone is 2. The first-order valence-corrected chi connectivity index (χ1v) is 35.9. The van der Waals surface area contributed by atoms with E-state index >= 15 is 0 Å². The van der Waals surface area contributed by atoms with Gasteiger partial charge in [-0.05, 0) is 0 Å². The van der Waals surface area contributed by atoms with Crippen LogP contribution in [-0.4, -0.2) is 24.5 Å². The van der Waals surface area contributed by atoms with E-state index in [-0.39, 0.29) is 24.9 Å². The maximum atomic E-state index is 14.0. The van der Waals surface area contributed by atoms with E-state index in [1.54, 1.807) is 12.1 Å². The van der Waals surface area contributed by atoms with Gasteiger partial charge in [-0.15, -0.1) is 0 Å². The number of rotatable bonds is 8. The van der Waals surface area contributed by atoms with E-state index in [0.717, 1.165) is 71.2 Å². The normalized spacial score (nSPS) is 19.9. The molecule has 4 aromatic rings. The van der Waals surface area contributed by atoms with Crippen LogP contribution in [0.3, 0.4) is 0 Å². The second-order valence-corrected chi connectivity index (χ2v) is 59.5. The summed E-state index contributed by atoms with van der Waals surface area (Å²) >= 11 is -5.29. The first-order valence-electron chi connectivity index (χ1n) is 19.6. The van der Waals surface area contributed by atoms with Crippen LogP contribution in [-0.2, 0) is 21.0 Å². The minimum absolute atomic E-state index is 0.164. The summed E-state index contributed by atoms with van der Waals surface area (Å²) in [7, 11) is 17.1. The molecule has 2 atom stereocenters. The molecule has 1 saturated carbocycles. The molecule has 0 amide bonds. The number of hydrogen-bond acceptors (Lipinski definition) is 0. The van der Waals surface area contributed by atoms with Crippen molar-refractivity contribution in [2.75, 3.05) is 0 Å². The predicted molar refractivity (Wildman–Crippen MR) is 217 cm³/mol. The molecule has 2 unspecified atom stereocenters. The molecule has 0 spiro atoms. The van der Waals surface area contributed by atoms with Gasteiger partial charge in [0.15, 0.2) is 0 Å². The third-order valence-corrected chi connectivity index (χ3v) is 65.2.